The van der Waals surface area contributed by atoms with Gasteiger partial charge in [-0.1, -0.05) is 19.8 Å². The summed E-state index contributed by atoms with van der Waals surface area (Å²) in [5, 5.41) is 10.5. The van der Waals surface area contributed by atoms with Crippen LogP contribution in [0.5, 0.6) is 0 Å². The summed E-state index contributed by atoms with van der Waals surface area (Å²) in [7, 11) is 2.00. The van der Waals surface area contributed by atoms with Crippen molar-refractivity contribution < 1.29 is 9.90 Å². The van der Waals surface area contributed by atoms with Gasteiger partial charge in [-0.15, -0.1) is 0 Å². The Kier molecular flexibility index (Phi) is 4.73. The molecule has 1 atom stereocenters. The number of aromatic nitrogens is 2. The van der Waals surface area contributed by atoms with Gasteiger partial charge in [-0.05, 0) is 19.4 Å². The first-order chi connectivity index (χ1) is 11.0. The van der Waals surface area contributed by atoms with Crippen molar-refractivity contribution in [2.75, 3.05) is 26.2 Å². The van der Waals surface area contributed by atoms with Gasteiger partial charge >= 0.3 is 0 Å². The average molecular weight is 320 g/mol. The Labute approximate surface area is 138 Å². The van der Waals surface area contributed by atoms with Crippen LogP contribution in [0.4, 0.5) is 0 Å². The Morgan fingerprint density at radius 3 is 2.74 bits per heavy atom. The molecule has 1 saturated carbocycles. The number of likely N-dealkylation sites (N-methyl/N-ethyl adjacent to an activating group) is 1. The van der Waals surface area contributed by atoms with Crippen molar-refractivity contribution >= 4 is 5.91 Å². The van der Waals surface area contributed by atoms with Crippen LogP contribution in [0.25, 0.3) is 0 Å². The van der Waals surface area contributed by atoms with Crippen LogP contribution in [0.1, 0.15) is 50.9 Å². The van der Waals surface area contributed by atoms with E-state index < -0.39 is 5.60 Å². The third kappa shape index (κ3) is 3.43. The van der Waals surface area contributed by atoms with Crippen molar-refractivity contribution in [3.63, 3.8) is 0 Å². The van der Waals surface area contributed by atoms with Crippen molar-refractivity contribution in [1.82, 2.24) is 19.4 Å². The molecular formula is C17H28N4O2. The zero-order chi connectivity index (χ0) is 16.4. The van der Waals surface area contributed by atoms with E-state index in [1.54, 1.807) is 0 Å². The first kappa shape index (κ1) is 16.5. The number of aryl methyl sites for hydroxylation is 1. The Hall–Kier alpha value is -1.40. The predicted octanol–water partition coefficient (Wildman–Crippen LogP) is 1.32. The minimum absolute atomic E-state index is 0.0874. The molecule has 3 rings (SSSR count). The van der Waals surface area contributed by atoms with Crippen LogP contribution in [0.3, 0.4) is 0 Å². The molecule has 1 aromatic heterocycles. The Bertz CT molecular complexity index is 551. The molecule has 2 fully saturated rings. The molecule has 1 aliphatic heterocycles. The number of carbonyl (C=O) groups excluding carboxylic acids is 1. The van der Waals surface area contributed by atoms with Crippen LogP contribution in [0.2, 0.25) is 0 Å². The summed E-state index contributed by atoms with van der Waals surface area (Å²) in [4.78, 5) is 21.4. The van der Waals surface area contributed by atoms with Gasteiger partial charge in [0.2, 0.25) is 5.91 Å². The van der Waals surface area contributed by atoms with Crippen LogP contribution in [-0.2, 0) is 11.8 Å². The van der Waals surface area contributed by atoms with Gasteiger partial charge in [0.15, 0.2) is 0 Å². The Morgan fingerprint density at radius 2 is 2.13 bits per heavy atom. The largest absolute Gasteiger partial charge is 0.389 e. The standard InChI is InChI=1S/C17H28N4O2/c1-3-20-10-11-21(13-14(20)16-18-8-9-19(16)2)15(22)12-17(23)6-4-5-7-17/h8-9,14,23H,3-7,10-13H2,1-2H3. The molecule has 0 spiro atoms. The van der Waals surface area contributed by atoms with Crippen LogP contribution in [-0.4, -0.2) is 62.1 Å². The van der Waals surface area contributed by atoms with Crippen LogP contribution >= 0.6 is 0 Å². The van der Waals surface area contributed by atoms with Gasteiger partial charge in [0.05, 0.1) is 18.1 Å². The van der Waals surface area contributed by atoms with E-state index in [4.69, 9.17) is 0 Å². The van der Waals surface area contributed by atoms with E-state index in [0.29, 0.717) is 6.54 Å². The monoisotopic (exact) mass is 320 g/mol. The third-order valence-corrected chi connectivity index (χ3v) is 5.42. The summed E-state index contributed by atoms with van der Waals surface area (Å²) in [5.41, 5.74) is -0.766. The van der Waals surface area contributed by atoms with Crippen LogP contribution < -0.4 is 0 Å². The number of aliphatic hydroxyl groups is 1. The van der Waals surface area contributed by atoms with E-state index in [1.165, 1.54) is 0 Å². The van der Waals surface area contributed by atoms with Gasteiger partial charge in [-0.3, -0.25) is 9.69 Å². The fourth-order valence-corrected chi connectivity index (χ4v) is 3.97. The smallest absolute Gasteiger partial charge is 0.225 e. The lowest BCUT2D eigenvalue weighted by Gasteiger charge is -2.41. The molecule has 6 nitrogen and oxygen atoms in total. The highest BCUT2D eigenvalue weighted by atomic mass is 16.3. The second-order valence-electron chi connectivity index (χ2n) is 6.99. The molecule has 0 aromatic carbocycles. The van der Waals surface area contributed by atoms with Gasteiger partial charge in [-0.25, -0.2) is 4.98 Å². The molecule has 0 radical (unpaired) electrons. The summed E-state index contributed by atoms with van der Waals surface area (Å²) in [6.07, 6.45) is 7.61. The molecule has 0 bridgehead atoms. The van der Waals surface area contributed by atoms with E-state index >= 15 is 0 Å². The highest BCUT2D eigenvalue weighted by Crippen LogP contribution is 2.33. The van der Waals surface area contributed by atoms with Crippen molar-refractivity contribution in [1.29, 1.82) is 0 Å². The Morgan fingerprint density at radius 1 is 1.39 bits per heavy atom. The van der Waals surface area contributed by atoms with Crippen molar-refractivity contribution in [2.45, 2.75) is 50.7 Å². The number of amides is 1. The van der Waals surface area contributed by atoms with Crippen molar-refractivity contribution in [2.24, 2.45) is 7.05 Å². The summed E-state index contributed by atoms with van der Waals surface area (Å²) < 4.78 is 2.03. The molecular weight excluding hydrogens is 292 g/mol. The molecule has 23 heavy (non-hydrogen) atoms. The third-order valence-electron chi connectivity index (χ3n) is 5.42. The fourth-order valence-electron chi connectivity index (χ4n) is 3.97. The van der Waals surface area contributed by atoms with Gasteiger partial charge in [-0.2, -0.15) is 0 Å². The number of carbonyl (C=O) groups is 1. The molecule has 6 heteroatoms. The lowest BCUT2D eigenvalue weighted by molar-refractivity contribution is -0.139. The second kappa shape index (κ2) is 6.61. The Balaban J connectivity index is 1.70. The number of piperazine rings is 1. The maximum absolute atomic E-state index is 12.7. The maximum atomic E-state index is 12.7. The zero-order valence-electron chi connectivity index (χ0n) is 14.2. The van der Waals surface area contributed by atoms with Gasteiger partial charge in [0.25, 0.3) is 0 Å². The lowest BCUT2D eigenvalue weighted by atomic mass is 9.96. The highest BCUT2D eigenvalue weighted by Gasteiger charge is 2.37. The number of hydrogen-bond donors (Lipinski definition) is 1. The van der Waals surface area contributed by atoms with E-state index in [9.17, 15) is 9.90 Å². The maximum Gasteiger partial charge on any atom is 0.225 e. The normalized spacial score (nSPS) is 25.0. The SMILES string of the molecule is CCN1CCN(C(=O)CC2(O)CCCC2)CC1c1nccn1C. The first-order valence-corrected chi connectivity index (χ1v) is 8.74. The van der Waals surface area contributed by atoms with Crippen LogP contribution in [0.15, 0.2) is 12.4 Å². The summed E-state index contributed by atoms with van der Waals surface area (Å²) in [6.45, 7) is 5.35. The number of imidazole rings is 1. The van der Waals surface area contributed by atoms with Gasteiger partial charge in [0.1, 0.15) is 5.82 Å². The molecule has 1 amide bonds. The van der Waals surface area contributed by atoms with E-state index in [0.717, 1.165) is 51.1 Å². The summed E-state index contributed by atoms with van der Waals surface area (Å²) >= 11 is 0. The number of nitrogens with zero attached hydrogens (tertiary/aromatic N) is 4. The van der Waals surface area contributed by atoms with Crippen molar-refractivity contribution in [3.05, 3.63) is 18.2 Å². The topological polar surface area (TPSA) is 61.6 Å². The van der Waals surface area contributed by atoms with E-state index in [-0.39, 0.29) is 18.4 Å². The minimum Gasteiger partial charge on any atom is -0.389 e. The number of rotatable bonds is 4. The first-order valence-electron chi connectivity index (χ1n) is 8.74. The van der Waals surface area contributed by atoms with E-state index in [1.807, 2.05) is 28.9 Å². The van der Waals surface area contributed by atoms with E-state index in [2.05, 4.69) is 16.8 Å². The summed E-state index contributed by atoms with van der Waals surface area (Å²) in [5.74, 6) is 1.09. The highest BCUT2D eigenvalue weighted by molar-refractivity contribution is 5.77. The molecule has 1 unspecified atom stereocenters. The molecule has 2 aliphatic rings. The van der Waals surface area contributed by atoms with Crippen LogP contribution in [0, 0.1) is 0 Å². The van der Waals surface area contributed by atoms with Gasteiger partial charge < -0.3 is 14.6 Å². The second-order valence-corrected chi connectivity index (χ2v) is 6.99. The zero-order valence-corrected chi connectivity index (χ0v) is 14.2. The number of hydrogen-bond acceptors (Lipinski definition) is 4. The summed E-state index contributed by atoms with van der Waals surface area (Å²) in [6, 6.07) is 0.135. The quantitative estimate of drug-likeness (QED) is 0.909. The fraction of sp³-hybridized carbons (Fsp3) is 0.765. The molecule has 1 aliphatic carbocycles. The molecule has 128 valence electrons. The lowest BCUT2D eigenvalue weighted by Crippen LogP contribution is -2.52. The molecule has 2 heterocycles. The van der Waals surface area contributed by atoms with Crippen molar-refractivity contribution in [3.8, 4) is 0 Å². The molecule has 1 saturated heterocycles. The minimum atomic E-state index is -0.766. The predicted molar refractivity (Wildman–Crippen MR) is 87.8 cm³/mol. The molecule has 1 aromatic rings. The van der Waals surface area contributed by atoms with Gasteiger partial charge in [0, 0.05) is 39.1 Å². The average Bonchev–Trinajstić information content (AvgIpc) is 3.15. The molecule has 1 N–H and O–H groups in total.